The van der Waals surface area contributed by atoms with E-state index in [4.69, 9.17) is 0 Å². The third-order valence-corrected chi connectivity index (χ3v) is 4.15. The molecule has 0 unspecified atom stereocenters. The van der Waals surface area contributed by atoms with Crippen LogP contribution < -0.4 is 10.6 Å². The smallest absolute Gasteiger partial charge is 0.255 e. The van der Waals surface area contributed by atoms with Crippen molar-refractivity contribution in [3.8, 4) is 0 Å². The van der Waals surface area contributed by atoms with E-state index in [-0.39, 0.29) is 5.91 Å². The Morgan fingerprint density at radius 1 is 1.00 bits per heavy atom. The summed E-state index contributed by atoms with van der Waals surface area (Å²) < 4.78 is 0. The lowest BCUT2D eigenvalue weighted by Gasteiger charge is -2.14. The van der Waals surface area contributed by atoms with Crippen LogP contribution in [0.5, 0.6) is 0 Å². The van der Waals surface area contributed by atoms with Crippen LogP contribution in [0, 0.1) is 6.92 Å². The Kier molecular flexibility index (Phi) is 4.42. The molecule has 1 amide bonds. The summed E-state index contributed by atoms with van der Waals surface area (Å²) >= 11 is 0. The van der Waals surface area contributed by atoms with Gasteiger partial charge in [0.25, 0.3) is 5.91 Å². The topological polar surface area (TPSA) is 41.1 Å². The van der Waals surface area contributed by atoms with E-state index in [0.717, 1.165) is 16.9 Å². The summed E-state index contributed by atoms with van der Waals surface area (Å²) in [5, 5.41) is 6.49. The second kappa shape index (κ2) is 6.65. The van der Waals surface area contributed by atoms with Crippen molar-refractivity contribution in [3.63, 3.8) is 0 Å². The minimum absolute atomic E-state index is 0.0693. The van der Waals surface area contributed by atoms with Crippen LogP contribution >= 0.6 is 0 Å². The molecule has 3 nitrogen and oxygen atoms in total. The summed E-state index contributed by atoms with van der Waals surface area (Å²) in [6, 6.07) is 16.2. The molecule has 114 valence electrons. The van der Waals surface area contributed by atoms with E-state index >= 15 is 0 Å². The molecule has 2 aromatic carbocycles. The Morgan fingerprint density at radius 3 is 2.36 bits per heavy atom. The molecular weight excluding hydrogens is 272 g/mol. The Morgan fingerprint density at radius 2 is 1.68 bits per heavy atom. The van der Waals surface area contributed by atoms with Crippen molar-refractivity contribution < 1.29 is 4.79 Å². The molecule has 0 aliphatic heterocycles. The molecule has 3 heteroatoms. The minimum Gasteiger partial charge on any atom is -0.382 e. The second-order valence-electron chi connectivity index (χ2n) is 6.03. The summed E-state index contributed by atoms with van der Waals surface area (Å²) in [5.74, 6) is -0.0693. The average molecular weight is 294 g/mol. The molecule has 0 radical (unpaired) electrons. The zero-order valence-electron chi connectivity index (χ0n) is 12.9. The van der Waals surface area contributed by atoms with Gasteiger partial charge in [0.05, 0.1) is 0 Å². The molecule has 0 atom stereocenters. The monoisotopic (exact) mass is 294 g/mol. The van der Waals surface area contributed by atoms with Gasteiger partial charge in [-0.2, -0.15) is 0 Å². The van der Waals surface area contributed by atoms with E-state index in [0.29, 0.717) is 11.6 Å². The maximum atomic E-state index is 12.2. The molecule has 0 aromatic heterocycles. The van der Waals surface area contributed by atoms with Gasteiger partial charge >= 0.3 is 0 Å². The number of nitrogens with one attached hydrogen (secondary N) is 2. The van der Waals surface area contributed by atoms with Crippen LogP contribution in [0.2, 0.25) is 0 Å². The molecule has 3 rings (SSSR count). The zero-order chi connectivity index (χ0) is 15.4. The number of carbonyl (C=O) groups excluding carboxylic acids is 1. The molecule has 2 aromatic rings. The van der Waals surface area contributed by atoms with Gasteiger partial charge in [0.1, 0.15) is 0 Å². The SMILES string of the molecule is Cc1cccc(C(=O)Nc2ccc(NC3CCCC3)cc2)c1. The van der Waals surface area contributed by atoms with Gasteiger partial charge < -0.3 is 10.6 Å². The molecule has 1 saturated carbocycles. The van der Waals surface area contributed by atoms with E-state index in [9.17, 15) is 4.79 Å². The highest BCUT2D eigenvalue weighted by atomic mass is 16.1. The highest BCUT2D eigenvalue weighted by Crippen LogP contribution is 2.23. The average Bonchev–Trinajstić information content (AvgIpc) is 3.02. The molecule has 0 saturated heterocycles. The maximum absolute atomic E-state index is 12.2. The van der Waals surface area contributed by atoms with Crippen molar-refractivity contribution >= 4 is 17.3 Å². The summed E-state index contributed by atoms with van der Waals surface area (Å²) in [7, 11) is 0. The quantitative estimate of drug-likeness (QED) is 0.865. The first-order valence-corrected chi connectivity index (χ1v) is 7.95. The highest BCUT2D eigenvalue weighted by Gasteiger charge is 2.14. The fourth-order valence-corrected chi connectivity index (χ4v) is 2.95. The lowest BCUT2D eigenvalue weighted by molar-refractivity contribution is 0.102. The van der Waals surface area contributed by atoms with Crippen LogP contribution in [0.15, 0.2) is 48.5 Å². The second-order valence-corrected chi connectivity index (χ2v) is 6.03. The van der Waals surface area contributed by atoms with E-state index in [1.807, 2.05) is 55.5 Å². The predicted molar refractivity (Wildman–Crippen MR) is 91.5 cm³/mol. The van der Waals surface area contributed by atoms with Crippen molar-refractivity contribution in [2.45, 2.75) is 38.6 Å². The van der Waals surface area contributed by atoms with Crippen LogP contribution in [0.3, 0.4) is 0 Å². The van der Waals surface area contributed by atoms with Gasteiger partial charge in [-0.05, 0) is 56.2 Å². The Balaban J connectivity index is 1.61. The number of rotatable bonds is 4. The third kappa shape index (κ3) is 3.67. The molecule has 0 bridgehead atoms. The lowest BCUT2D eigenvalue weighted by Crippen LogP contribution is -2.15. The van der Waals surface area contributed by atoms with Crippen molar-refractivity contribution in [2.75, 3.05) is 10.6 Å². The van der Waals surface area contributed by atoms with Crippen LogP contribution in [0.25, 0.3) is 0 Å². The van der Waals surface area contributed by atoms with Gasteiger partial charge in [-0.15, -0.1) is 0 Å². The maximum Gasteiger partial charge on any atom is 0.255 e. The first kappa shape index (κ1) is 14.6. The standard InChI is InChI=1S/C19H22N2O/c1-14-5-4-6-15(13-14)19(22)21-18-11-9-17(10-12-18)20-16-7-2-3-8-16/h4-6,9-13,16,20H,2-3,7-8H2,1H3,(H,21,22). The van der Waals surface area contributed by atoms with Gasteiger partial charge in [-0.25, -0.2) is 0 Å². The van der Waals surface area contributed by atoms with E-state index in [1.54, 1.807) is 0 Å². The van der Waals surface area contributed by atoms with Crippen molar-refractivity contribution in [2.24, 2.45) is 0 Å². The summed E-state index contributed by atoms with van der Waals surface area (Å²) in [4.78, 5) is 12.2. The Bertz CT molecular complexity index is 643. The number of amides is 1. The first-order valence-electron chi connectivity index (χ1n) is 7.95. The molecule has 2 N–H and O–H groups in total. The highest BCUT2D eigenvalue weighted by molar-refractivity contribution is 6.04. The van der Waals surface area contributed by atoms with Gasteiger partial charge in [-0.1, -0.05) is 30.5 Å². The van der Waals surface area contributed by atoms with Crippen LogP contribution in [-0.4, -0.2) is 11.9 Å². The number of carbonyl (C=O) groups is 1. The molecule has 0 heterocycles. The van der Waals surface area contributed by atoms with Crippen LogP contribution in [-0.2, 0) is 0 Å². The van der Waals surface area contributed by atoms with Crippen LogP contribution in [0.1, 0.15) is 41.6 Å². The van der Waals surface area contributed by atoms with Gasteiger partial charge in [-0.3, -0.25) is 4.79 Å². The normalized spacial score (nSPS) is 14.8. The van der Waals surface area contributed by atoms with Gasteiger partial charge in [0.2, 0.25) is 0 Å². The molecule has 0 spiro atoms. The zero-order valence-corrected chi connectivity index (χ0v) is 12.9. The lowest BCUT2D eigenvalue weighted by atomic mass is 10.1. The molecule has 1 fully saturated rings. The summed E-state index contributed by atoms with van der Waals surface area (Å²) in [5.41, 5.74) is 3.72. The number of aryl methyl sites for hydroxylation is 1. The summed E-state index contributed by atoms with van der Waals surface area (Å²) in [6.45, 7) is 1.99. The summed E-state index contributed by atoms with van der Waals surface area (Å²) in [6.07, 6.45) is 5.16. The minimum atomic E-state index is -0.0693. The van der Waals surface area contributed by atoms with Gasteiger partial charge in [0, 0.05) is 23.0 Å². The fourth-order valence-electron chi connectivity index (χ4n) is 2.95. The van der Waals surface area contributed by atoms with E-state index < -0.39 is 0 Å². The molecule has 1 aliphatic rings. The van der Waals surface area contributed by atoms with E-state index in [2.05, 4.69) is 10.6 Å². The number of hydrogen-bond donors (Lipinski definition) is 2. The number of benzene rings is 2. The van der Waals surface area contributed by atoms with E-state index in [1.165, 1.54) is 25.7 Å². The first-order chi connectivity index (χ1) is 10.7. The van der Waals surface area contributed by atoms with Crippen LogP contribution in [0.4, 0.5) is 11.4 Å². The third-order valence-electron chi connectivity index (χ3n) is 4.15. The molecular formula is C19H22N2O. The number of hydrogen-bond acceptors (Lipinski definition) is 2. The van der Waals surface area contributed by atoms with Crippen molar-refractivity contribution in [3.05, 3.63) is 59.7 Å². The van der Waals surface area contributed by atoms with Crippen molar-refractivity contribution in [1.29, 1.82) is 0 Å². The fraction of sp³-hybridized carbons (Fsp3) is 0.316. The van der Waals surface area contributed by atoms with Crippen molar-refractivity contribution in [1.82, 2.24) is 0 Å². The Hall–Kier alpha value is -2.29. The number of anilines is 2. The largest absolute Gasteiger partial charge is 0.382 e. The molecule has 1 aliphatic carbocycles. The predicted octanol–water partition coefficient (Wildman–Crippen LogP) is 4.60. The Labute approximate surface area is 131 Å². The van der Waals surface area contributed by atoms with Gasteiger partial charge in [0.15, 0.2) is 0 Å². The molecule has 22 heavy (non-hydrogen) atoms.